The van der Waals surface area contributed by atoms with Gasteiger partial charge in [-0.2, -0.15) is 13.2 Å². The molecule has 3 rings (SSSR count). The molecule has 0 aliphatic carbocycles. The van der Waals surface area contributed by atoms with E-state index >= 15 is 0 Å². The van der Waals surface area contributed by atoms with Gasteiger partial charge in [0.2, 0.25) is 0 Å². The van der Waals surface area contributed by atoms with Crippen LogP contribution in [-0.4, -0.2) is 47.6 Å². The smallest absolute Gasteiger partial charge is 0.333 e. The third-order valence-electron chi connectivity index (χ3n) is 4.42. The van der Waals surface area contributed by atoms with Crippen LogP contribution in [0.1, 0.15) is 12.0 Å². The second-order valence-electron chi connectivity index (χ2n) is 5.78. The van der Waals surface area contributed by atoms with Crippen molar-refractivity contribution in [3.63, 3.8) is 0 Å². The summed E-state index contributed by atoms with van der Waals surface area (Å²) in [4.78, 5) is 14.5. The molecule has 0 spiro atoms. The molecule has 0 bridgehead atoms. The molecule has 0 aromatic heterocycles. The third-order valence-corrected chi connectivity index (χ3v) is 4.42. The average molecular weight is 298 g/mol. The lowest BCUT2D eigenvalue weighted by Gasteiger charge is -2.25. The minimum atomic E-state index is -4.76. The van der Waals surface area contributed by atoms with E-state index in [9.17, 15) is 18.0 Å². The molecule has 2 aliphatic heterocycles. The zero-order valence-electron chi connectivity index (χ0n) is 11.5. The molecule has 21 heavy (non-hydrogen) atoms. The first kappa shape index (κ1) is 14.4. The van der Waals surface area contributed by atoms with E-state index in [2.05, 4.69) is 4.90 Å². The third kappa shape index (κ3) is 2.90. The second-order valence-corrected chi connectivity index (χ2v) is 5.78. The molecule has 2 saturated heterocycles. The minimum absolute atomic E-state index is 0.0523. The molecule has 1 amide bonds. The topological polar surface area (TPSA) is 23.6 Å². The lowest BCUT2D eigenvalue weighted by Crippen LogP contribution is -2.42. The summed E-state index contributed by atoms with van der Waals surface area (Å²) in [5.74, 6) is -1.53. The van der Waals surface area contributed by atoms with Crippen LogP contribution in [0, 0.1) is 5.92 Å². The van der Waals surface area contributed by atoms with Gasteiger partial charge in [-0.15, -0.1) is 0 Å². The predicted octanol–water partition coefficient (Wildman–Crippen LogP) is 2.28. The van der Waals surface area contributed by atoms with Crippen molar-refractivity contribution in [1.29, 1.82) is 0 Å². The highest BCUT2D eigenvalue weighted by atomic mass is 19.4. The lowest BCUT2D eigenvalue weighted by molar-refractivity contribution is -0.184. The Balaban J connectivity index is 1.65. The van der Waals surface area contributed by atoms with Crippen LogP contribution in [-0.2, 0) is 11.3 Å². The minimum Gasteiger partial charge on any atom is -0.333 e. The summed E-state index contributed by atoms with van der Waals surface area (Å²) in [6, 6.07) is 9.93. The van der Waals surface area contributed by atoms with E-state index in [1.165, 1.54) is 0 Å². The molecule has 2 heterocycles. The highest BCUT2D eigenvalue weighted by Gasteiger charge is 2.49. The lowest BCUT2D eigenvalue weighted by atomic mass is 10.0. The Bertz CT molecular complexity index is 517. The van der Waals surface area contributed by atoms with Crippen LogP contribution in [0.5, 0.6) is 0 Å². The Morgan fingerprint density at radius 1 is 1.19 bits per heavy atom. The van der Waals surface area contributed by atoms with Crippen molar-refractivity contribution in [2.24, 2.45) is 5.92 Å². The number of rotatable bonds is 2. The van der Waals surface area contributed by atoms with Crippen molar-refractivity contribution >= 4 is 5.91 Å². The van der Waals surface area contributed by atoms with Gasteiger partial charge < -0.3 is 4.90 Å². The van der Waals surface area contributed by atoms with Crippen LogP contribution in [0.4, 0.5) is 13.2 Å². The van der Waals surface area contributed by atoms with Crippen LogP contribution >= 0.6 is 0 Å². The molecule has 0 radical (unpaired) electrons. The molecule has 2 aliphatic rings. The monoisotopic (exact) mass is 298 g/mol. The van der Waals surface area contributed by atoms with Crippen LogP contribution in [0.15, 0.2) is 30.3 Å². The Kier molecular flexibility index (Phi) is 3.65. The summed E-state index contributed by atoms with van der Waals surface area (Å²) in [7, 11) is 0. The molecule has 1 aromatic carbocycles. The van der Waals surface area contributed by atoms with E-state index in [0.29, 0.717) is 0 Å². The number of amides is 1. The zero-order chi connectivity index (χ0) is 15.0. The maximum atomic E-state index is 12.5. The van der Waals surface area contributed by atoms with Crippen LogP contribution in [0.3, 0.4) is 0 Å². The molecule has 6 heteroatoms. The quantitative estimate of drug-likeness (QED) is 0.836. The Morgan fingerprint density at radius 2 is 1.90 bits per heavy atom. The molecular formula is C15H17F3N2O. The number of nitrogens with zero attached hydrogens (tertiary/aromatic N) is 2. The van der Waals surface area contributed by atoms with Gasteiger partial charge in [0.15, 0.2) is 0 Å². The summed E-state index contributed by atoms with van der Waals surface area (Å²) in [6.45, 7) is 2.04. The van der Waals surface area contributed by atoms with Gasteiger partial charge in [0.25, 0.3) is 0 Å². The highest BCUT2D eigenvalue weighted by Crippen LogP contribution is 2.34. The predicted molar refractivity (Wildman–Crippen MR) is 71.4 cm³/mol. The van der Waals surface area contributed by atoms with Gasteiger partial charge in [-0.3, -0.25) is 9.69 Å². The fourth-order valence-corrected chi connectivity index (χ4v) is 3.41. The highest BCUT2D eigenvalue weighted by molar-refractivity contribution is 5.82. The molecule has 114 valence electrons. The average Bonchev–Trinajstić information content (AvgIpc) is 3.00. The number of likely N-dealkylation sites (tertiary alicyclic amines) is 2. The van der Waals surface area contributed by atoms with E-state index in [1.54, 1.807) is 0 Å². The second kappa shape index (κ2) is 5.33. The van der Waals surface area contributed by atoms with Crippen molar-refractivity contribution in [1.82, 2.24) is 9.80 Å². The number of alkyl halides is 3. The maximum absolute atomic E-state index is 12.5. The number of carbonyl (C=O) groups is 1. The molecule has 2 atom stereocenters. The van der Waals surface area contributed by atoms with E-state index < -0.39 is 12.1 Å². The first-order valence-corrected chi connectivity index (χ1v) is 7.09. The number of benzene rings is 1. The van der Waals surface area contributed by atoms with Crippen LogP contribution < -0.4 is 0 Å². The summed E-state index contributed by atoms with van der Waals surface area (Å²) < 4.78 is 37.5. The number of hydrogen-bond acceptors (Lipinski definition) is 2. The zero-order valence-corrected chi connectivity index (χ0v) is 11.5. The number of carbonyl (C=O) groups excluding carboxylic acids is 1. The van der Waals surface area contributed by atoms with Gasteiger partial charge in [-0.25, -0.2) is 0 Å². The number of hydrogen-bond donors (Lipinski definition) is 0. The van der Waals surface area contributed by atoms with E-state index in [-0.39, 0.29) is 25.0 Å². The summed E-state index contributed by atoms with van der Waals surface area (Å²) in [5.41, 5.74) is 1.15. The van der Waals surface area contributed by atoms with Crippen molar-refractivity contribution in [2.75, 3.05) is 19.6 Å². The van der Waals surface area contributed by atoms with E-state index in [1.807, 2.05) is 30.3 Å². The molecule has 0 unspecified atom stereocenters. The maximum Gasteiger partial charge on any atom is 0.471 e. The fourth-order valence-electron chi connectivity index (χ4n) is 3.41. The van der Waals surface area contributed by atoms with Crippen molar-refractivity contribution in [3.05, 3.63) is 35.9 Å². The first-order chi connectivity index (χ1) is 9.95. The van der Waals surface area contributed by atoms with E-state index in [4.69, 9.17) is 0 Å². The van der Waals surface area contributed by atoms with Gasteiger partial charge >= 0.3 is 12.1 Å². The van der Waals surface area contributed by atoms with Gasteiger partial charge in [0.05, 0.1) is 0 Å². The van der Waals surface area contributed by atoms with E-state index in [0.717, 1.165) is 30.0 Å². The Morgan fingerprint density at radius 3 is 2.57 bits per heavy atom. The molecule has 1 aromatic rings. The van der Waals surface area contributed by atoms with Crippen LogP contribution in [0.25, 0.3) is 0 Å². The molecular weight excluding hydrogens is 281 g/mol. The fraction of sp³-hybridized carbons (Fsp3) is 0.533. The van der Waals surface area contributed by atoms with Gasteiger partial charge in [0.1, 0.15) is 0 Å². The number of halogens is 3. The normalized spacial score (nSPS) is 26.1. The van der Waals surface area contributed by atoms with Gasteiger partial charge in [0, 0.05) is 25.7 Å². The number of fused-ring (bicyclic) bond motifs is 1. The molecule has 3 nitrogen and oxygen atoms in total. The summed E-state index contributed by atoms with van der Waals surface area (Å²) >= 11 is 0. The van der Waals surface area contributed by atoms with Crippen molar-refractivity contribution in [2.45, 2.75) is 25.2 Å². The standard InChI is InChI=1S/C15H17F3N2O/c16-15(17,18)14(21)20-9-12-6-7-19(13(12)10-20)8-11-4-2-1-3-5-11/h1-5,12-13H,6-10H2/t12-,13-/m0/s1. The molecule has 0 N–H and O–H groups in total. The largest absolute Gasteiger partial charge is 0.471 e. The Hall–Kier alpha value is -1.56. The first-order valence-electron chi connectivity index (χ1n) is 7.09. The van der Waals surface area contributed by atoms with Gasteiger partial charge in [-0.05, 0) is 24.4 Å². The summed E-state index contributed by atoms with van der Waals surface area (Å²) in [6.07, 6.45) is -3.90. The summed E-state index contributed by atoms with van der Waals surface area (Å²) in [5, 5.41) is 0. The Labute approximate surface area is 121 Å². The molecule has 0 saturated carbocycles. The van der Waals surface area contributed by atoms with Crippen molar-refractivity contribution < 1.29 is 18.0 Å². The van der Waals surface area contributed by atoms with Crippen LogP contribution in [0.2, 0.25) is 0 Å². The van der Waals surface area contributed by atoms with Crippen molar-refractivity contribution in [3.8, 4) is 0 Å². The SMILES string of the molecule is O=C(N1C[C@@H]2CCN(Cc3ccccc3)[C@H]2C1)C(F)(F)F. The molecule has 2 fully saturated rings. The van der Waals surface area contributed by atoms with Gasteiger partial charge in [-0.1, -0.05) is 30.3 Å².